The van der Waals surface area contributed by atoms with E-state index in [1.807, 2.05) is 0 Å². The number of carboxylic acid groups (broad SMARTS) is 1. The molecule has 0 aliphatic heterocycles. The molecule has 0 aromatic carbocycles. The van der Waals surface area contributed by atoms with E-state index in [2.05, 4.69) is 6.92 Å². The predicted octanol–water partition coefficient (Wildman–Crippen LogP) is 4.68. The molecule has 0 aliphatic carbocycles. The van der Waals surface area contributed by atoms with Crippen LogP contribution in [0.2, 0.25) is 0 Å². The van der Waals surface area contributed by atoms with E-state index < -0.39 is 5.97 Å². The van der Waals surface area contributed by atoms with Gasteiger partial charge in [0.15, 0.2) is 0 Å². The summed E-state index contributed by atoms with van der Waals surface area (Å²) in [6.45, 7) is 2.26. The molecule has 0 spiro atoms. The van der Waals surface area contributed by atoms with E-state index in [-0.39, 0.29) is 51.4 Å². The van der Waals surface area contributed by atoms with Crippen molar-refractivity contribution in [2.75, 3.05) is 0 Å². The zero-order valence-electron chi connectivity index (χ0n) is 12.0. The maximum atomic E-state index is 10.2. The van der Waals surface area contributed by atoms with Crippen molar-refractivity contribution in [3.05, 3.63) is 12.2 Å². The van der Waals surface area contributed by atoms with Crippen LogP contribution < -0.4 is 0 Å². The fourth-order valence-electron chi connectivity index (χ4n) is 2.11. The second-order valence-electron chi connectivity index (χ2n) is 5.06. The van der Waals surface area contributed by atoms with E-state index >= 15 is 0 Å². The first-order valence-corrected chi connectivity index (χ1v) is 7.67. The van der Waals surface area contributed by atoms with E-state index in [0.717, 1.165) is 12.8 Å². The summed E-state index contributed by atoms with van der Waals surface area (Å²) in [7, 11) is 0. The molecule has 0 aromatic rings. The number of rotatable bonds is 13. The summed E-state index contributed by atoms with van der Waals surface area (Å²) in [5.74, 6) is -0.835. The molecule has 108 valence electrons. The van der Waals surface area contributed by atoms with Crippen LogP contribution >= 0.6 is 0 Å². The van der Waals surface area contributed by atoms with Crippen molar-refractivity contribution in [2.45, 2.75) is 84.0 Å². The molecule has 0 atom stereocenters. The molecule has 0 rings (SSSR count). The van der Waals surface area contributed by atoms with Crippen LogP contribution in [0.4, 0.5) is 0 Å². The molecule has 0 heterocycles. The molecule has 0 amide bonds. The Morgan fingerprint density at radius 1 is 0.842 bits per heavy atom. The molecule has 0 saturated carbocycles. The molecule has 1 N–H and O–H groups in total. The van der Waals surface area contributed by atoms with Gasteiger partial charge in [-0.1, -0.05) is 77.2 Å². The zero-order valence-corrected chi connectivity index (χ0v) is 12.0. The minimum atomic E-state index is -0.835. The molecule has 0 radical (unpaired) electrons. The van der Waals surface area contributed by atoms with Gasteiger partial charge in [0.2, 0.25) is 0 Å². The third kappa shape index (κ3) is 21.3. The zero-order chi connectivity index (χ0) is 13.5. The number of aliphatic carboxylic acids is 1. The number of hydrogen-bond donors (Lipinski definition) is 1. The molecular formula is C16H31KO2. The fraction of sp³-hybridized carbons (Fsp3) is 0.812. The third-order valence-corrected chi connectivity index (χ3v) is 3.23. The predicted molar refractivity (Wildman–Crippen MR) is 85.0 cm³/mol. The number of hydrogen-bond acceptors (Lipinski definition) is 1. The Morgan fingerprint density at radius 3 is 1.68 bits per heavy atom. The average Bonchev–Trinajstić information content (AvgIpc) is 2.34. The molecule has 0 saturated heterocycles. The Morgan fingerprint density at radius 2 is 1.26 bits per heavy atom. The van der Waals surface area contributed by atoms with Crippen molar-refractivity contribution < 1.29 is 9.90 Å². The van der Waals surface area contributed by atoms with Crippen LogP contribution in [-0.2, 0) is 4.79 Å². The van der Waals surface area contributed by atoms with Crippen LogP contribution in [0.1, 0.15) is 84.0 Å². The van der Waals surface area contributed by atoms with Crippen LogP contribution in [0.5, 0.6) is 0 Å². The molecule has 0 fully saturated rings. The number of allylic oxidation sites excluding steroid dienone is 1. The fourth-order valence-corrected chi connectivity index (χ4v) is 2.11. The van der Waals surface area contributed by atoms with Crippen LogP contribution in [0.3, 0.4) is 0 Å². The van der Waals surface area contributed by atoms with Crippen LogP contribution in [0.15, 0.2) is 12.2 Å². The molecule has 3 heteroatoms. The first-order chi connectivity index (χ1) is 8.77. The van der Waals surface area contributed by atoms with E-state index in [0.29, 0.717) is 0 Å². The van der Waals surface area contributed by atoms with E-state index in [9.17, 15) is 4.79 Å². The molecule has 0 aliphatic rings. The third-order valence-electron chi connectivity index (χ3n) is 3.23. The Kier molecular flexibility index (Phi) is 22.0. The van der Waals surface area contributed by atoms with Crippen molar-refractivity contribution in [3.63, 3.8) is 0 Å². The van der Waals surface area contributed by atoms with Gasteiger partial charge in [-0.15, -0.1) is 0 Å². The number of carbonyl (C=O) groups is 1. The Bertz CT molecular complexity index is 215. The topological polar surface area (TPSA) is 37.3 Å². The van der Waals surface area contributed by atoms with E-state index in [4.69, 9.17) is 5.11 Å². The van der Waals surface area contributed by atoms with Gasteiger partial charge in [-0.2, -0.15) is 0 Å². The average molecular weight is 295 g/mol. The van der Waals surface area contributed by atoms with Gasteiger partial charge in [0.1, 0.15) is 0 Å². The maximum absolute atomic E-state index is 10.2. The normalized spacial score (nSPS) is 10.6. The Hall–Kier alpha value is 0.846. The molecule has 19 heavy (non-hydrogen) atoms. The second kappa shape index (κ2) is 18.8. The Labute approximate surface area is 161 Å². The number of unbranched alkanes of at least 4 members (excludes halogenated alkanes) is 11. The van der Waals surface area contributed by atoms with Crippen molar-refractivity contribution in [1.82, 2.24) is 0 Å². The quantitative estimate of drug-likeness (QED) is 0.304. The summed E-state index contributed by atoms with van der Waals surface area (Å²) in [5, 5.41) is 8.40. The second-order valence-corrected chi connectivity index (χ2v) is 5.06. The molecule has 2 nitrogen and oxygen atoms in total. The van der Waals surface area contributed by atoms with Crippen LogP contribution in [-0.4, -0.2) is 62.5 Å². The van der Waals surface area contributed by atoms with Crippen molar-refractivity contribution >= 4 is 57.4 Å². The summed E-state index contributed by atoms with van der Waals surface area (Å²) in [5.41, 5.74) is 0. The van der Waals surface area contributed by atoms with Crippen molar-refractivity contribution in [1.29, 1.82) is 0 Å². The molecule has 0 bridgehead atoms. The van der Waals surface area contributed by atoms with Gasteiger partial charge < -0.3 is 5.11 Å². The van der Waals surface area contributed by atoms with E-state index in [1.54, 1.807) is 6.08 Å². The van der Waals surface area contributed by atoms with Gasteiger partial charge in [-0.05, 0) is 12.8 Å². The summed E-state index contributed by atoms with van der Waals surface area (Å²) in [6.07, 6.45) is 18.6. The van der Waals surface area contributed by atoms with Gasteiger partial charge in [-0.25, -0.2) is 4.79 Å². The summed E-state index contributed by atoms with van der Waals surface area (Å²) < 4.78 is 0. The van der Waals surface area contributed by atoms with Gasteiger partial charge in [0, 0.05) is 6.08 Å². The van der Waals surface area contributed by atoms with Gasteiger partial charge >= 0.3 is 57.4 Å². The minimum absolute atomic E-state index is 0. The van der Waals surface area contributed by atoms with Crippen LogP contribution in [0, 0.1) is 0 Å². The molecule has 0 unspecified atom stereocenters. The van der Waals surface area contributed by atoms with Crippen molar-refractivity contribution in [2.24, 2.45) is 0 Å². The molecule has 0 aromatic heterocycles. The Balaban J connectivity index is 0. The summed E-state index contributed by atoms with van der Waals surface area (Å²) >= 11 is 0. The van der Waals surface area contributed by atoms with Gasteiger partial charge in [0.25, 0.3) is 0 Å². The number of carboxylic acids is 1. The summed E-state index contributed by atoms with van der Waals surface area (Å²) in [6, 6.07) is 0. The molecular weight excluding hydrogens is 263 g/mol. The first-order valence-electron chi connectivity index (χ1n) is 7.67. The van der Waals surface area contributed by atoms with Gasteiger partial charge in [0.05, 0.1) is 0 Å². The van der Waals surface area contributed by atoms with Crippen molar-refractivity contribution in [3.8, 4) is 0 Å². The van der Waals surface area contributed by atoms with E-state index in [1.165, 1.54) is 70.3 Å². The van der Waals surface area contributed by atoms with Crippen LogP contribution in [0.25, 0.3) is 0 Å². The summed E-state index contributed by atoms with van der Waals surface area (Å²) in [4.78, 5) is 10.2. The standard InChI is InChI=1S/C16H30O2.K.H/c1-2-3-4-5-6-7-8-9-10-11-12-13-14-15-16(17)18;;/h14-15H,2-13H2,1H3,(H,17,18);;/b15-14+;;. The SMILES string of the molecule is CCCCCCCCCCCCC/C=C/C(=O)O.[KH]. The first kappa shape index (κ1) is 22.1. The van der Waals surface area contributed by atoms with Gasteiger partial charge in [-0.3, -0.25) is 0 Å². The monoisotopic (exact) mass is 294 g/mol.